The van der Waals surface area contributed by atoms with Gasteiger partial charge in [0, 0.05) is 91.4 Å². The number of rotatable bonds is 59. The Labute approximate surface area is 696 Å². The van der Waals surface area contributed by atoms with Gasteiger partial charge in [-0.15, -0.1) is 47.0 Å². The SMILES string of the molecule is CCCCCCCCCCSc1ccc(-c2ncc(CCC)cn2)cc1.CCCCCCCCCCSc1ccc(-c2ncc(CCCC)cn2)cc1.CCCCCCCCCCSc1ccc(-c2ncc(CCCCC)cn2)cc1.CCCCCCCCCCSc1ccc(-c2ncc(CCCCCCC)cn2)cc1. The molecule has 4 heterocycles. The molecule has 0 N–H and O–H groups in total. The van der Waals surface area contributed by atoms with Gasteiger partial charge in [0.1, 0.15) is 0 Å². The predicted octanol–water partition coefficient (Wildman–Crippen LogP) is 32.0. The molecule has 0 aliphatic rings. The van der Waals surface area contributed by atoms with Gasteiger partial charge >= 0.3 is 0 Å². The summed E-state index contributed by atoms with van der Waals surface area (Å²) in [5.74, 6) is 8.20. The molecule has 4 aromatic carbocycles. The Morgan fingerprint density at radius 1 is 0.171 bits per heavy atom. The highest BCUT2D eigenvalue weighted by Crippen LogP contribution is 2.29. The monoisotopic (exact) mass is 1580 g/mol. The lowest BCUT2D eigenvalue weighted by atomic mass is 10.1. The molecule has 0 saturated carbocycles. The molecule has 0 saturated heterocycles. The molecular formula is C99H150N8S4. The number of benzene rings is 4. The first-order chi connectivity index (χ1) is 54.8. The van der Waals surface area contributed by atoms with Gasteiger partial charge in [0.2, 0.25) is 0 Å². The number of nitrogens with zero attached hydrogens (tertiary/aromatic N) is 8. The summed E-state index contributed by atoms with van der Waals surface area (Å²) in [6.45, 7) is 18.0. The Hall–Kier alpha value is -5.40. The first-order valence-corrected chi connectivity index (χ1v) is 48.9. The zero-order chi connectivity index (χ0) is 78.8. The molecule has 0 unspecified atom stereocenters. The van der Waals surface area contributed by atoms with E-state index in [2.05, 4.69) is 192 Å². The Bertz CT molecular complexity index is 3390. The summed E-state index contributed by atoms with van der Waals surface area (Å²) in [4.78, 5) is 41.8. The van der Waals surface area contributed by atoms with Gasteiger partial charge in [0.05, 0.1) is 0 Å². The number of aromatic nitrogens is 8. The van der Waals surface area contributed by atoms with Gasteiger partial charge in [-0.1, -0.05) is 335 Å². The van der Waals surface area contributed by atoms with Gasteiger partial charge in [-0.05, 0) is 164 Å². The van der Waals surface area contributed by atoms with Crippen molar-refractivity contribution in [1.29, 1.82) is 0 Å². The molecule has 8 nitrogen and oxygen atoms in total. The van der Waals surface area contributed by atoms with Gasteiger partial charge in [0.15, 0.2) is 23.3 Å². The van der Waals surface area contributed by atoms with E-state index in [1.165, 1.54) is 335 Å². The molecule has 0 amide bonds. The van der Waals surface area contributed by atoms with Crippen LogP contribution in [0.2, 0.25) is 0 Å². The molecule has 8 rings (SSSR count). The third-order valence-electron chi connectivity index (χ3n) is 20.3. The van der Waals surface area contributed by atoms with Gasteiger partial charge in [-0.25, -0.2) is 39.9 Å². The third-order valence-corrected chi connectivity index (χ3v) is 24.7. The van der Waals surface area contributed by atoms with Crippen LogP contribution in [0, 0.1) is 0 Å². The van der Waals surface area contributed by atoms with Crippen LogP contribution >= 0.6 is 47.0 Å². The Morgan fingerprint density at radius 2 is 0.342 bits per heavy atom. The van der Waals surface area contributed by atoms with Crippen LogP contribution in [-0.2, 0) is 25.7 Å². The molecular weight excluding hydrogens is 1430 g/mol. The second-order valence-electron chi connectivity index (χ2n) is 30.5. The summed E-state index contributed by atoms with van der Waals surface area (Å²) in [7, 11) is 0. The molecule has 0 fully saturated rings. The van der Waals surface area contributed by atoms with Crippen LogP contribution in [0.3, 0.4) is 0 Å². The van der Waals surface area contributed by atoms with Crippen LogP contribution in [0.1, 0.15) is 354 Å². The fraction of sp³-hybridized carbons (Fsp3) is 0.596. The fourth-order valence-electron chi connectivity index (χ4n) is 13.2. The highest BCUT2D eigenvalue weighted by atomic mass is 32.2. The maximum absolute atomic E-state index is 4.60. The second kappa shape index (κ2) is 66.8. The normalized spacial score (nSPS) is 11.1. The van der Waals surface area contributed by atoms with Crippen molar-refractivity contribution < 1.29 is 0 Å². The van der Waals surface area contributed by atoms with Crippen molar-refractivity contribution in [1.82, 2.24) is 39.9 Å². The lowest BCUT2D eigenvalue weighted by Gasteiger charge is -2.05. The number of hydrogen-bond acceptors (Lipinski definition) is 12. The zero-order valence-electron chi connectivity index (χ0n) is 71.1. The van der Waals surface area contributed by atoms with Crippen LogP contribution in [0.5, 0.6) is 0 Å². The van der Waals surface area contributed by atoms with Crippen LogP contribution < -0.4 is 0 Å². The van der Waals surface area contributed by atoms with Crippen LogP contribution in [-0.4, -0.2) is 62.9 Å². The topological polar surface area (TPSA) is 103 Å². The van der Waals surface area contributed by atoms with E-state index in [1.807, 2.05) is 96.6 Å². The smallest absolute Gasteiger partial charge is 0.159 e. The number of unbranched alkanes of at least 4 members (excludes halogenated alkanes) is 35. The standard InChI is InChI=1S/C27H42N2S.C25H38N2S.C24H36N2S.C23H34N2S/c1-3-5-7-9-10-11-13-15-21-30-26-19-17-25(18-20-26)27-28-22-24(23-29-27)16-14-12-8-6-4-2;1-3-5-7-8-9-10-11-13-19-28-24-17-15-23(16-18-24)25-26-20-22(21-27-25)14-12-6-4-2;1-3-5-7-8-9-10-11-12-18-27-23-16-14-22(15-17-23)24-25-19-21(20-26-24)13-6-4-2;1-3-5-6-7-8-9-10-11-17-26-22-15-13-21(14-16-22)23-24-18-20(12-4-2)19-25-23/h17-20,22-23H,3-16,21H2,1-2H3;15-18,20-21H,3-14,19H2,1-2H3;14-17,19-20H,3-13,18H2,1-2H3;13-16,18-19H,3-12,17H2,1-2H3. The molecule has 0 aliphatic heterocycles. The van der Waals surface area contributed by atoms with E-state index >= 15 is 0 Å². The Kier molecular flexibility index (Phi) is 57.9. The van der Waals surface area contributed by atoms with Crippen molar-refractivity contribution in [3.05, 3.63) is 169 Å². The van der Waals surface area contributed by atoms with Crippen LogP contribution in [0.25, 0.3) is 45.6 Å². The summed E-state index contributed by atoms with van der Waals surface area (Å²) < 4.78 is 0. The maximum atomic E-state index is 4.60. The minimum atomic E-state index is 0.824. The quantitative estimate of drug-likeness (QED) is 0.0268. The fourth-order valence-corrected chi connectivity index (χ4v) is 16.9. The van der Waals surface area contributed by atoms with Gasteiger partial charge in [0.25, 0.3) is 0 Å². The van der Waals surface area contributed by atoms with Crippen LogP contribution in [0.15, 0.2) is 166 Å². The van der Waals surface area contributed by atoms with Gasteiger partial charge in [-0.3, -0.25) is 0 Å². The van der Waals surface area contributed by atoms with Crippen molar-refractivity contribution in [2.24, 2.45) is 0 Å². The molecule has 8 aromatic rings. The molecule has 610 valence electrons. The molecule has 111 heavy (non-hydrogen) atoms. The predicted molar refractivity (Wildman–Crippen MR) is 492 cm³/mol. The van der Waals surface area contributed by atoms with Crippen molar-refractivity contribution >= 4 is 47.0 Å². The zero-order valence-corrected chi connectivity index (χ0v) is 74.4. The largest absolute Gasteiger partial charge is 0.236 e. The first-order valence-electron chi connectivity index (χ1n) is 45.0. The molecule has 0 spiro atoms. The van der Waals surface area contributed by atoms with Gasteiger partial charge < -0.3 is 0 Å². The van der Waals surface area contributed by atoms with Crippen molar-refractivity contribution in [3.63, 3.8) is 0 Å². The molecule has 0 atom stereocenters. The molecule has 0 radical (unpaired) electrons. The summed E-state index contributed by atoms with van der Waals surface area (Å²) in [5.41, 5.74) is 9.38. The van der Waals surface area contributed by atoms with Gasteiger partial charge in [-0.2, -0.15) is 0 Å². The average molecular weight is 1580 g/mol. The van der Waals surface area contributed by atoms with E-state index in [0.29, 0.717) is 0 Å². The third kappa shape index (κ3) is 46.7. The second-order valence-corrected chi connectivity index (χ2v) is 35.2. The summed E-state index contributed by atoms with van der Waals surface area (Å²) in [6.07, 6.45) is 78.4. The Morgan fingerprint density at radius 3 is 0.559 bits per heavy atom. The number of hydrogen-bond donors (Lipinski definition) is 0. The van der Waals surface area contributed by atoms with E-state index in [4.69, 9.17) is 0 Å². The van der Waals surface area contributed by atoms with E-state index in [-0.39, 0.29) is 0 Å². The summed E-state index contributed by atoms with van der Waals surface area (Å²) in [6, 6.07) is 34.9. The van der Waals surface area contributed by atoms with E-state index in [0.717, 1.165) is 77.7 Å². The van der Waals surface area contributed by atoms with Crippen molar-refractivity contribution in [2.75, 3.05) is 23.0 Å². The minimum Gasteiger partial charge on any atom is -0.236 e. The van der Waals surface area contributed by atoms with E-state index in [9.17, 15) is 0 Å². The van der Waals surface area contributed by atoms with E-state index in [1.54, 1.807) is 0 Å². The van der Waals surface area contributed by atoms with E-state index < -0.39 is 0 Å². The molecule has 4 aromatic heterocycles. The highest BCUT2D eigenvalue weighted by molar-refractivity contribution is 8.00. The first kappa shape index (κ1) is 96.2. The molecule has 0 bridgehead atoms. The summed E-state index contributed by atoms with van der Waals surface area (Å²) in [5, 5.41) is 0. The van der Waals surface area contributed by atoms with Crippen LogP contribution in [0.4, 0.5) is 0 Å². The number of thioether (sulfide) groups is 4. The summed E-state index contributed by atoms with van der Waals surface area (Å²) >= 11 is 7.87. The van der Waals surface area contributed by atoms with Crippen molar-refractivity contribution in [2.45, 2.75) is 377 Å². The lowest BCUT2D eigenvalue weighted by Crippen LogP contribution is -1.93. The molecule has 12 heteroatoms. The number of aryl methyl sites for hydroxylation is 4. The average Bonchev–Trinajstić information content (AvgIpc) is 0.876. The van der Waals surface area contributed by atoms with Crippen molar-refractivity contribution in [3.8, 4) is 45.6 Å². The lowest BCUT2D eigenvalue weighted by molar-refractivity contribution is 0.586. The Balaban J connectivity index is 0.000000265. The highest BCUT2D eigenvalue weighted by Gasteiger charge is 2.09. The minimum absolute atomic E-state index is 0.824. The molecule has 0 aliphatic carbocycles. The maximum Gasteiger partial charge on any atom is 0.159 e.